The first kappa shape index (κ1) is 16.5. The van der Waals surface area contributed by atoms with Gasteiger partial charge in [-0.15, -0.1) is 0 Å². The van der Waals surface area contributed by atoms with Crippen LogP contribution in [-0.4, -0.2) is 30.6 Å². The molecule has 1 aromatic carbocycles. The Hall–Kier alpha value is -3.34. The molecule has 2 aromatic rings. The van der Waals surface area contributed by atoms with E-state index in [0.29, 0.717) is 42.7 Å². The van der Waals surface area contributed by atoms with Gasteiger partial charge in [0.2, 0.25) is 6.41 Å². The van der Waals surface area contributed by atoms with Crippen LogP contribution >= 0.6 is 0 Å². The zero-order valence-electron chi connectivity index (χ0n) is 13.4. The molecule has 3 N–H and O–H groups in total. The average molecular weight is 339 g/mol. The molecule has 1 saturated carbocycles. The first-order chi connectivity index (χ1) is 12.1. The normalized spacial score (nSPS) is 15.8. The highest BCUT2D eigenvalue weighted by Gasteiger charge is 2.24. The second-order valence-electron chi connectivity index (χ2n) is 5.76. The van der Waals surface area contributed by atoms with Gasteiger partial charge in [0, 0.05) is 28.9 Å². The molecule has 0 atom stereocenters. The first-order valence-electron chi connectivity index (χ1n) is 7.85. The smallest absolute Gasteiger partial charge is 0.414 e. The number of anilines is 3. The molecule has 8 heteroatoms. The zero-order valence-corrected chi connectivity index (χ0v) is 13.4. The average Bonchev–Trinajstić information content (AvgIpc) is 3.35. The fourth-order valence-corrected chi connectivity index (χ4v) is 2.41. The van der Waals surface area contributed by atoms with E-state index in [1.807, 2.05) is 6.07 Å². The largest absolute Gasteiger partial charge is 0.447 e. The Morgan fingerprint density at radius 1 is 1.40 bits per heavy atom. The van der Waals surface area contributed by atoms with Crippen molar-refractivity contribution in [3.63, 3.8) is 0 Å². The van der Waals surface area contributed by atoms with Crippen LogP contribution in [0.5, 0.6) is 0 Å². The number of carbonyl (C=O) groups is 2. The van der Waals surface area contributed by atoms with Crippen molar-refractivity contribution < 1.29 is 14.3 Å². The number of amides is 2. The van der Waals surface area contributed by atoms with Crippen LogP contribution in [0.1, 0.15) is 12.8 Å². The summed E-state index contributed by atoms with van der Waals surface area (Å²) in [5.41, 5.74) is 7.17. The topological polar surface area (TPSA) is 121 Å². The lowest BCUT2D eigenvalue weighted by atomic mass is 10.1. The quantitative estimate of drug-likeness (QED) is 0.653. The highest BCUT2D eigenvalue weighted by molar-refractivity contribution is 6.00. The van der Waals surface area contributed by atoms with Gasteiger partial charge in [0.05, 0.1) is 12.6 Å². The Morgan fingerprint density at radius 2 is 2.20 bits per heavy atom. The van der Waals surface area contributed by atoms with E-state index < -0.39 is 0 Å². The minimum absolute atomic E-state index is 0.366. The van der Waals surface area contributed by atoms with Gasteiger partial charge in [-0.25, -0.2) is 9.78 Å². The lowest BCUT2D eigenvalue weighted by Crippen LogP contribution is -2.23. The molecule has 4 rings (SSSR count). The van der Waals surface area contributed by atoms with Gasteiger partial charge >= 0.3 is 6.09 Å². The molecular weight excluding hydrogens is 322 g/mol. The van der Waals surface area contributed by atoms with Crippen molar-refractivity contribution >= 4 is 40.5 Å². The van der Waals surface area contributed by atoms with Crippen LogP contribution in [-0.2, 0) is 9.53 Å². The molecule has 2 fully saturated rings. The third-order valence-corrected chi connectivity index (χ3v) is 3.89. The van der Waals surface area contributed by atoms with Crippen LogP contribution < -0.4 is 16.0 Å². The van der Waals surface area contributed by atoms with Crippen molar-refractivity contribution in [3.05, 3.63) is 24.4 Å². The van der Waals surface area contributed by atoms with E-state index in [1.54, 1.807) is 18.3 Å². The van der Waals surface area contributed by atoms with Gasteiger partial charge in [-0.1, -0.05) is 0 Å². The van der Waals surface area contributed by atoms with Crippen LogP contribution in [0, 0.1) is 17.2 Å². The molecule has 0 spiro atoms. The number of hydrogen-bond donors (Lipinski definition) is 2. The zero-order chi connectivity index (χ0) is 17.8. The summed E-state index contributed by atoms with van der Waals surface area (Å²) >= 11 is 0. The number of hydrogen-bond acceptors (Lipinski definition) is 6. The second-order valence-corrected chi connectivity index (χ2v) is 5.76. The molecule has 0 radical (unpaired) electrons. The Kier molecular flexibility index (Phi) is 4.66. The van der Waals surface area contributed by atoms with Gasteiger partial charge in [-0.2, -0.15) is 5.26 Å². The Labute approximate surface area is 144 Å². The fourth-order valence-electron chi connectivity index (χ4n) is 2.41. The van der Waals surface area contributed by atoms with E-state index in [1.165, 1.54) is 4.90 Å². The molecule has 1 aliphatic carbocycles. The van der Waals surface area contributed by atoms with E-state index >= 15 is 0 Å². The number of nitrogens with one attached hydrogen (secondary N) is 1. The number of nitrogens with two attached hydrogens (primary N) is 1. The van der Waals surface area contributed by atoms with Gasteiger partial charge < -0.3 is 15.8 Å². The van der Waals surface area contributed by atoms with Crippen LogP contribution in [0.25, 0.3) is 10.8 Å². The van der Waals surface area contributed by atoms with Crippen molar-refractivity contribution in [3.8, 4) is 6.07 Å². The third-order valence-electron chi connectivity index (χ3n) is 3.89. The van der Waals surface area contributed by atoms with Crippen molar-refractivity contribution in [2.24, 2.45) is 5.92 Å². The number of aromatic nitrogens is 1. The van der Waals surface area contributed by atoms with Crippen molar-refractivity contribution in [1.82, 2.24) is 4.98 Å². The van der Waals surface area contributed by atoms with Gasteiger partial charge in [0.25, 0.3) is 0 Å². The Bertz CT molecular complexity index is 857. The standard InChI is InChI=1S/C13H12N4O3.C4H5N/c14-11-5-9(17-1-2-20-13(17)19)3-8-4-12(16-7-18)15-6-10(8)11;5-3-4-1-2-4/h3-7H,1-2,14H2,(H,15,16,18);4H,1-2H2. The van der Waals surface area contributed by atoms with Gasteiger partial charge in [-0.3, -0.25) is 9.69 Å². The Morgan fingerprint density at radius 3 is 2.76 bits per heavy atom. The summed E-state index contributed by atoms with van der Waals surface area (Å²) in [5, 5.41) is 12.0. The van der Waals surface area contributed by atoms with Crippen LogP contribution in [0.2, 0.25) is 0 Å². The molecule has 0 unspecified atom stereocenters. The highest BCUT2D eigenvalue weighted by Crippen LogP contribution is 2.30. The van der Waals surface area contributed by atoms with E-state index in [0.717, 1.165) is 23.6 Å². The van der Waals surface area contributed by atoms with E-state index in [4.69, 9.17) is 15.7 Å². The van der Waals surface area contributed by atoms with E-state index in [2.05, 4.69) is 16.4 Å². The molecule has 1 aliphatic heterocycles. The minimum atomic E-state index is -0.385. The van der Waals surface area contributed by atoms with E-state index in [-0.39, 0.29) is 6.09 Å². The molecule has 1 saturated heterocycles. The van der Waals surface area contributed by atoms with E-state index in [9.17, 15) is 9.59 Å². The summed E-state index contributed by atoms with van der Waals surface area (Å²) in [6.07, 6.45) is 4.05. The number of pyridine rings is 1. The number of carbonyl (C=O) groups excluding carboxylic acids is 2. The van der Waals surface area contributed by atoms with Crippen molar-refractivity contribution in [2.75, 3.05) is 29.1 Å². The highest BCUT2D eigenvalue weighted by atomic mass is 16.6. The SMILES string of the molecule is N#CC1CC1.Nc1cc(N2CCOC2=O)cc2cc(NC=O)ncc12. The summed E-state index contributed by atoms with van der Waals surface area (Å²) in [6.45, 7) is 0.860. The number of benzene rings is 1. The van der Waals surface area contributed by atoms with Crippen molar-refractivity contribution in [2.45, 2.75) is 12.8 Å². The van der Waals surface area contributed by atoms with Gasteiger partial charge in [0.15, 0.2) is 0 Å². The van der Waals surface area contributed by atoms with Crippen LogP contribution in [0.4, 0.5) is 22.0 Å². The number of nitriles is 1. The second kappa shape index (κ2) is 7.05. The molecule has 25 heavy (non-hydrogen) atoms. The number of cyclic esters (lactones) is 1. The summed E-state index contributed by atoms with van der Waals surface area (Å²) in [7, 11) is 0. The minimum Gasteiger partial charge on any atom is -0.447 e. The third kappa shape index (κ3) is 3.77. The molecule has 2 aliphatic rings. The van der Waals surface area contributed by atoms with Crippen molar-refractivity contribution in [1.29, 1.82) is 5.26 Å². The lowest BCUT2D eigenvalue weighted by molar-refractivity contribution is -0.105. The molecule has 2 heterocycles. The van der Waals surface area contributed by atoms with Gasteiger partial charge in [-0.05, 0) is 36.4 Å². The molecule has 1 aromatic heterocycles. The summed E-state index contributed by atoms with van der Waals surface area (Å²) in [4.78, 5) is 27.6. The molecule has 0 bridgehead atoms. The summed E-state index contributed by atoms with van der Waals surface area (Å²) in [6, 6.07) is 7.37. The maximum absolute atomic E-state index is 11.6. The number of nitrogens with zero attached hydrogens (tertiary/aromatic N) is 3. The number of rotatable bonds is 3. The number of ether oxygens (including phenoxy) is 1. The predicted molar refractivity (Wildman–Crippen MR) is 92.9 cm³/mol. The maximum Gasteiger partial charge on any atom is 0.414 e. The predicted octanol–water partition coefficient (Wildman–Crippen LogP) is 2.26. The molecule has 128 valence electrons. The number of nitrogen functional groups attached to an aromatic ring is 1. The Balaban J connectivity index is 0.000000314. The first-order valence-corrected chi connectivity index (χ1v) is 7.85. The van der Waals surface area contributed by atoms with Gasteiger partial charge in [0.1, 0.15) is 12.4 Å². The fraction of sp³-hybridized carbons (Fsp3) is 0.294. The summed E-state index contributed by atoms with van der Waals surface area (Å²) < 4.78 is 4.91. The molecule has 2 amide bonds. The molecule has 8 nitrogen and oxygen atoms in total. The van der Waals surface area contributed by atoms with Crippen LogP contribution in [0.3, 0.4) is 0 Å². The van der Waals surface area contributed by atoms with Crippen LogP contribution in [0.15, 0.2) is 24.4 Å². The number of fused-ring (bicyclic) bond motifs is 1. The summed E-state index contributed by atoms with van der Waals surface area (Å²) in [5.74, 6) is 0.864. The maximum atomic E-state index is 11.6. The lowest BCUT2D eigenvalue weighted by Gasteiger charge is -2.15. The monoisotopic (exact) mass is 339 g/mol. The molecular formula is C17H17N5O3.